The Morgan fingerprint density at radius 3 is 2.61 bits per heavy atom. The van der Waals surface area contributed by atoms with Crippen LogP contribution in [0.15, 0.2) is 18.2 Å². The second-order valence-corrected chi connectivity index (χ2v) is 5.17. The summed E-state index contributed by atoms with van der Waals surface area (Å²) in [5.74, 6) is 0.214. The first-order chi connectivity index (χ1) is 8.57. The smallest absolute Gasteiger partial charge is 0.228 e. The minimum Gasteiger partial charge on any atom is -0.385 e. The second kappa shape index (κ2) is 3.92. The molecule has 1 aromatic carbocycles. The molecule has 1 amide bonds. The molecule has 4 heteroatoms. The summed E-state index contributed by atoms with van der Waals surface area (Å²) in [5.41, 5.74) is 1.68. The summed E-state index contributed by atoms with van der Waals surface area (Å²) in [5, 5.41) is 13.4. The molecule has 2 aliphatic rings. The second-order valence-electron chi connectivity index (χ2n) is 5.17. The monoisotopic (exact) mass is 245 g/mol. The lowest BCUT2D eigenvalue weighted by Gasteiger charge is -2.32. The first-order valence-corrected chi connectivity index (χ1v) is 6.24. The van der Waals surface area contributed by atoms with Crippen LogP contribution in [0.4, 0.5) is 5.69 Å². The molecule has 0 spiro atoms. The van der Waals surface area contributed by atoms with Gasteiger partial charge in [-0.25, -0.2) is 0 Å². The number of ketones is 1. The number of Topliss-reactive ketones (excluding diaryl/α,β-unsaturated/α-hetero) is 1. The standard InChI is InChI=1S/C14H15NO3/c16-11-3-5-14(18,6-4-11)10-1-2-12-9(7-10)8-13(17)15-12/h1-2,7,18H,3-6,8H2,(H,15,17). The van der Waals surface area contributed by atoms with Crippen LogP contribution in [0.1, 0.15) is 36.8 Å². The van der Waals surface area contributed by atoms with E-state index in [-0.39, 0.29) is 11.7 Å². The third-order valence-electron chi connectivity index (χ3n) is 3.90. The molecule has 4 nitrogen and oxygen atoms in total. The first-order valence-electron chi connectivity index (χ1n) is 6.24. The Morgan fingerprint density at radius 2 is 1.89 bits per heavy atom. The summed E-state index contributed by atoms with van der Waals surface area (Å²) in [4.78, 5) is 22.5. The molecule has 1 heterocycles. The van der Waals surface area contributed by atoms with E-state index in [4.69, 9.17) is 0 Å². The van der Waals surface area contributed by atoms with E-state index in [2.05, 4.69) is 5.32 Å². The van der Waals surface area contributed by atoms with Crippen LogP contribution >= 0.6 is 0 Å². The van der Waals surface area contributed by atoms with Gasteiger partial charge in [0.2, 0.25) is 5.91 Å². The quantitative estimate of drug-likeness (QED) is 0.788. The molecule has 1 aromatic rings. The number of amides is 1. The zero-order valence-corrected chi connectivity index (χ0v) is 10.0. The van der Waals surface area contributed by atoms with Gasteiger partial charge in [-0.2, -0.15) is 0 Å². The van der Waals surface area contributed by atoms with Gasteiger partial charge in [-0.3, -0.25) is 9.59 Å². The highest BCUT2D eigenvalue weighted by Gasteiger charge is 2.34. The molecule has 1 aliphatic carbocycles. The average Bonchev–Trinajstić information content (AvgIpc) is 2.72. The van der Waals surface area contributed by atoms with Crippen molar-refractivity contribution in [2.24, 2.45) is 0 Å². The molecule has 0 aromatic heterocycles. The first kappa shape index (κ1) is 11.4. The maximum Gasteiger partial charge on any atom is 0.228 e. The number of rotatable bonds is 1. The Hall–Kier alpha value is -1.68. The summed E-state index contributed by atoms with van der Waals surface area (Å²) in [6.45, 7) is 0. The summed E-state index contributed by atoms with van der Waals surface area (Å²) in [7, 11) is 0. The highest BCUT2D eigenvalue weighted by Crippen LogP contribution is 2.37. The summed E-state index contributed by atoms with van der Waals surface area (Å²) >= 11 is 0. The van der Waals surface area contributed by atoms with Gasteiger partial charge < -0.3 is 10.4 Å². The molecule has 1 saturated carbocycles. The van der Waals surface area contributed by atoms with Crippen molar-refractivity contribution in [1.29, 1.82) is 0 Å². The minimum atomic E-state index is -0.908. The molecular weight excluding hydrogens is 230 g/mol. The number of carbonyl (C=O) groups is 2. The predicted molar refractivity (Wildman–Crippen MR) is 66.1 cm³/mol. The zero-order chi connectivity index (χ0) is 12.8. The molecule has 0 atom stereocenters. The molecule has 0 saturated heterocycles. The van der Waals surface area contributed by atoms with Crippen molar-refractivity contribution in [2.45, 2.75) is 37.7 Å². The molecular formula is C14H15NO3. The van der Waals surface area contributed by atoms with Crippen molar-refractivity contribution in [3.05, 3.63) is 29.3 Å². The average molecular weight is 245 g/mol. The van der Waals surface area contributed by atoms with Crippen LogP contribution < -0.4 is 5.32 Å². The van der Waals surface area contributed by atoms with Crippen LogP contribution in [-0.2, 0) is 21.6 Å². The maximum atomic E-state index is 11.3. The van der Waals surface area contributed by atoms with E-state index in [0.717, 1.165) is 16.8 Å². The molecule has 1 aliphatic heterocycles. The molecule has 0 radical (unpaired) electrons. The van der Waals surface area contributed by atoms with E-state index in [9.17, 15) is 14.7 Å². The molecule has 1 fully saturated rings. The summed E-state index contributed by atoms with van der Waals surface area (Å²) < 4.78 is 0. The van der Waals surface area contributed by atoms with Crippen LogP contribution in [0, 0.1) is 0 Å². The highest BCUT2D eigenvalue weighted by molar-refractivity contribution is 5.99. The van der Waals surface area contributed by atoms with Crippen LogP contribution in [0.3, 0.4) is 0 Å². The van der Waals surface area contributed by atoms with Crippen molar-refractivity contribution < 1.29 is 14.7 Å². The van der Waals surface area contributed by atoms with Crippen LogP contribution in [0.2, 0.25) is 0 Å². The van der Waals surface area contributed by atoms with Gasteiger partial charge in [-0.05, 0) is 30.0 Å². The van der Waals surface area contributed by atoms with E-state index in [1.807, 2.05) is 18.2 Å². The number of aliphatic hydroxyl groups is 1. The Kier molecular flexibility index (Phi) is 2.48. The topological polar surface area (TPSA) is 66.4 Å². The molecule has 0 bridgehead atoms. The van der Waals surface area contributed by atoms with Gasteiger partial charge in [-0.15, -0.1) is 0 Å². The number of hydrogen-bond donors (Lipinski definition) is 2. The fourth-order valence-electron chi connectivity index (χ4n) is 2.75. The summed E-state index contributed by atoms with van der Waals surface area (Å²) in [6, 6.07) is 5.58. The molecule has 3 rings (SSSR count). The SMILES string of the molecule is O=C1CCC(O)(c2ccc3c(c2)CC(=O)N3)CC1. The normalized spacial score (nSPS) is 21.6. The van der Waals surface area contributed by atoms with Gasteiger partial charge >= 0.3 is 0 Å². The zero-order valence-electron chi connectivity index (χ0n) is 10.0. The molecule has 94 valence electrons. The van der Waals surface area contributed by atoms with Crippen LogP contribution in [0.5, 0.6) is 0 Å². The van der Waals surface area contributed by atoms with Gasteiger partial charge in [0.1, 0.15) is 5.78 Å². The Bertz CT molecular complexity index is 526. The molecule has 18 heavy (non-hydrogen) atoms. The van der Waals surface area contributed by atoms with Crippen molar-refractivity contribution in [1.82, 2.24) is 0 Å². The largest absolute Gasteiger partial charge is 0.385 e. The fourth-order valence-corrected chi connectivity index (χ4v) is 2.75. The summed E-state index contributed by atoms with van der Waals surface area (Å²) in [6.07, 6.45) is 2.20. The van der Waals surface area contributed by atoms with E-state index in [0.29, 0.717) is 32.1 Å². The van der Waals surface area contributed by atoms with Crippen molar-refractivity contribution >= 4 is 17.4 Å². The van der Waals surface area contributed by atoms with Gasteiger partial charge in [0, 0.05) is 18.5 Å². The van der Waals surface area contributed by atoms with Gasteiger partial charge in [0.15, 0.2) is 0 Å². The third-order valence-corrected chi connectivity index (χ3v) is 3.90. The lowest BCUT2D eigenvalue weighted by Crippen LogP contribution is -2.31. The van der Waals surface area contributed by atoms with Gasteiger partial charge in [-0.1, -0.05) is 12.1 Å². The van der Waals surface area contributed by atoms with Crippen LogP contribution in [-0.4, -0.2) is 16.8 Å². The Labute approximate surface area is 105 Å². The van der Waals surface area contributed by atoms with Crippen molar-refractivity contribution in [3.63, 3.8) is 0 Å². The highest BCUT2D eigenvalue weighted by atomic mass is 16.3. The van der Waals surface area contributed by atoms with Crippen LogP contribution in [0.25, 0.3) is 0 Å². The molecule has 0 unspecified atom stereocenters. The predicted octanol–water partition coefficient (Wildman–Crippen LogP) is 1.51. The number of benzene rings is 1. The van der Waals surface area contributed by atoms with Crippen molar-refractivity contribution in [3.8, 4) is 0 Å². The Morgan fingerprint density at radius 1 is 1.17 bits per heavy atom. The number of carbonyl (C=O) groups excluding carboxylic acids is 2. The fraction of sp³-hybridized carbons (Fsp3) is 0.429. The van der Waals surface area contributed by atoms with Gasteiger partial charge in [0.05, 0.1) is 12.0 Å². The lowest BCUT2D eigenvalue weighted by atomic mass is 9.78. The minimum absolute atomic E-state index is 0.00652. The van der Waals surface area contributed by atoms with Gasteiger partial charge in [0.25, 0.3) is 0 Å². The van der Waals surface area contributed by atoms with E-state index >= 15 is 0 Å². The van der Waals surface area contributed by atoms with Crippen molar-refractivity contribution in [2.75, 3.05) is 5.32 Å². The van der Waals surface area contributed by atoms with E-state index in [1.165, 1.54) is 0 Å². The van der Waals surface area contributed by atoms with E-state index in [1.54, 1.807) is 0 Å². The number of hydrogen-bond acceptors (Lipinski definition) is 3. The third kappa shape index (κ3) is 1.82. The maximum absolute atomic E-state index is 11.3. The number of nitrogens with one attached hydrogen (secondary N) is 1. The van der Waals surface area contributed by atoms with E-state index < -0.39 is 5.60 Å². The molecule has 2 N–H and O–H groups in total. The Balaban J connectivity index is 1.91. The number of anilines is 1. The lowest BCUT2D eigenvalue weighted by molar-refractivity contribution is -0.125. The number of fused-ring (bicyclic) bond motifs is 1.